The number of thioether (sulfide) groups is 1. The molecule has 0 aromatic heterocycles. The van der Waals surface area contributed by atoms with E-state index in [1.54, 1.807) is 31.2 Å². The number of esters is 1. The Morgan fingerprint density at radius 3 is 2.47 bits per heavy atom. The summed E-state index contributed by atoms with van der Waals surface area (Å²) < 4.78 is 30.9. The van der Waals surface area contributed by atoms with Crippen LogP contribution < -0.4 is 9.47 Å². The summed E-state index contributed by atoms with van der Waals surface area (Å²) in [6, 6.07) is 18.9. The van der Waals surface area contributed by atoms with Crippen LogP contribution in [0.3, 0.4) is 0 Å². The first kappa shape index (κ1) is 27.5. The number of hydrogen-bond donors (Lipinski definition) is 1. The van der Waals surface area contributed by atoms with E-state index in [2.05, 4.69) is 20.9 Å². The van der Waals surface area contributed by atoms with E-state index >= 15 is 0 Å². The first-order chi connectivity index (χ1) is 18.4. The van der Waals surface area contributed by atoms with Gasteiger partial charge in [0, 0.05) is 0 Å². The molecule has 38 heavy (non-hydrogen) atoms. The van der Waals surface area contributed by atoms with Gasteiger partial charge in [-0.3, -0.25) is 0 Å². The number of hydrogen-bond acceptors (Lipinski definition) is 7. The molecule has 0 saturated carbocycles. The molecule has 1 heterocycles. The third-order valence-corrected chi connectivity index (χ3v) is 6.89. The molecule has 196 valence electrons. The van der Waals surface area contributed by atoms with E-state index in [-0.39, 0.29) is 30.4 Å². The fourth-order valence-electron chi connectivity index (χ4n) is 3.57. The van der Waals surface area contributed by atoms with Gasteiger partial charge in [0.15, 0.2) is 11.5 Å². The molecule has 1 N–H and O–H groups in total. The molecule has 4 rings (SSSR count). The fourth-order valence-corrected chi connectivity index (χ4v) is 5.18. The number of nitrogens with zero attached hydrogens (tertiary/aromatic N) is 1. The monoisotopic (exact) mass is 597 g/mol. The van der Waals surface area contributed by atoms with E-state index in [9.17, 15) is 14.3 Å². The van der Waals surface area contributed by atoms with Gasteiger partial charge >= 0.3 is 5.97 Å². The maximum absolute atomic E-state index is 13.2. The topological polar surface area (TPSA) is 77.4 Å². The molecule has 3 aromatic carbocycles. The van der Waals surface area contributed by atoms with E-state index in [1.807, 2.05) is 43.3 Å². The molecular weight excluding hydrogens is 573 g/mol. The Balaban J connectivity index is 1.67. The van der Waals surface area contributed by atoms with Crippen molar-refractivity contribution in [2.75, 3.05) is 13.2 Å². The zero-order valence-corrected chi connectivity index (χ0v) is 23.1. The molecule has 0 saturated heterocycles. The van der Waals surface area contributed by atoms with Gasteiger partial charge in [0.05, 0.1) is 28.3 Å². The highest BCUT2D eigenvalue weighted by Crippen LogP contribution is 2.42. The van der Waals surface area contributed by atoms with Crippen LogP contribution in [-0.2, 0) is 16.1 Å². The zero-order chi connectivity index (χ0) is 27.1. The highest BCUT2D eigenvalue weighted by atomic mass is 79.9. The van der Waals surface area contributed by atoms with Crippen molar-refractivity contribution >= 4 is 50.5 Å². The Hall–Kier alpha value is -3.56. The molecule has 0 radical (unpaired) electrons. The SMILES string of the molecule is CCOC(=O)C1=C(O)/C(=C/c2cc(Br)c(OCc3ccc(F)cc3)c(OCC)c2)SC1=Nc1ccccc1. The number of ether oxygens (including phenoxy) is 3. The number of para-hydroxylation sites is 1. The second-order valence-corrected chi connectivity index (χ2v) is 9.87. The van der Waals surface area contributed by atoms with Crippen LogP contribution in [0.4, 0.5) is 10.1 Å². The summed E-state index contributed by atoms with van der Waals surface area (Å²) >= 11 is 4.73. The van der Waals surface area contributed by atoms with E-state index in [0.717, 1.165) is 5.56 Å². The first-order valence-corrected chi connectivity index (χ1v) is 13.5. The van der Waals surface area contributed by atoms with Gasteiger partial charge in [-0.1, -0.05) is 42.1 Å². The van der Waals surface area contributed by atoms with Crippen LogP contribution in [0.1, 0.15) is 25.0 Å². The summed E-state index contributed by atoms with van der Waals surface area (Å²) in [7, 11) is 0. The second kappa shape index (κ2) is 12.8. The Bertz CT molecular complexity index is 1400. The summed E-state index contributed by atoms with van der Waals surface area (Å²) in [5.74, 6) is -0.167. The molecule has 0 aliphatic carbocycles. The van der Waals surface area contributed by atoms with E-state index in [0.29, 0.717) is 43.8 Å². The van der Waals surface area contributed by atoms with Crippen LogP contribution >= 0.6 is 27.7 Å². The zero-order valence-electron chi connectivity index (χ0n) is 20.7. The van der Waals surface area contributed by atoms with Crippen molar-refractivity contribution in [3.8, 4) is 11.5 Å². The summed E-state index contributed by atoms with van der Waals surface area (Å²) in [6.07, 6.45) is 1.74. The highest BCUT2D eigenvalue weighted by molar-refractivity contribution is 9.10. The van der Waals surface area contributed by atoms with Gasteiger partial charge < -0.3 is 19.3 Å². The minimum atomic E-state index is -0.642. The Kier molecular flexibility index (Phi) is 9.25. The maximum Gasteiger partial charge on any atom is 0.344 e. The van der Waals surface area contributed by atoms with Crippen molar-refractivity contribution in [1.29, 1.82) is 0 Å². The molecule has 1 aliphatic heterocycles. The van der Waals surface area contributed by atoms with E-state index < -0.39 is 5.97 Å². The molecule has 6 nitrogen and oxygen atoms in total. The number of aliphatic hydroxyl groups is 1. The van der Waals surface area contributed by atoms with Crippen LogP contribution in [0.5, 0.6) is 11.5 Å². The molecule has 9 heteroatoms. The first-order valence-electron chi connectivity index (χ1n) is 11.9. The van der Waals surface area contributed by atoms with Gasteiger partial charge in [0.2, 0.25) is 0 Å². The van der Waals surface area contributed by atoms with Crippen molar-refractivity contribution in [3.05, 3.63) is 104 Å². The van der Waals surface area contributed by atoms with Crippen molar-refractivity contribution in [2.24, 2.45) is 4.99 Å². The predicted octanol–water partition coefficient (Wildman–Crippen LogP) is 7.76. The van der Waals surface area contributed by atoms with Crippen LogP contribution in [-0.4, -0.2) is 29.3 Å². The Morgan fingerprint density at radius 1 is 1.05 bits per heavy atom. The average Bonchev–Trinajstić information content (AvgIpc) is 3.19. The lowest BCUT2D eigenvalue weighted by molar-refractivity contribution is -0.138. The smallest absolute Gasteiger partial charge is 0.344 e. The van der Waals surface area contributed by atoms with Gasteiger partial charge in [0.1, 0.15) is 28.8 Å². The molecule has 0 unspecified atom stereocenters. The summed E-state index contributed by atoms with van der Waals surface area (Å²) in [4.78, 5) is 17.7. The number of rotatable bonds is 9. The minimum Gasteiger partial charge on any atom is -0.506 e. The number of carbonyl (C=O) groups is 1. The van der Waals surface area contributed by atoms with Crippen LogP contribution in [0.15, 0.2) is 92.4 Å². The third kappa shape index (κ3) is 6.65. The number of aliphatic hydroxyl groups excluding tert-OH is 1. The van der Waals surface area contributed by atoms with Crippen LogP contribution in [0.2, 0.25) is 0 Å². The van der Waals surface area contributed by atoms with Crippen molar-refractivity contribution in [3.63, 3.8) is 0 Å². The summed E-state index contributed by atoms with van der Waals surface area (Å²) in [5.41, 5.74) is 2.18. The Morgan fingerprint density at radius 2 is 1.79 bits per heavy atom. The third-order valence-electron chi connectivity index (χ3n) is 5.28. The van der Waals surface area contributed by atoms with Gasteiger partial charge in [-0.25, -0.2) is 14.2 Å². The normalized spacial score (nSPS) is 15.3. The van der Waals surface area contributed by atoms with Crippen molar-refractivity contribution in [2.45, 2.75) is 20.5 Å². The largest absolute Gasteiger partial charge is 0.506 e. The number of carbonyl (C=O) groups excluding carboxylic acids is 1. The minimum absolute atomic E-state index is 0.0234. The number of aliphatic imine (C=N–C) groups is 1. The lowest BCUT2D eigenvalue weighted by atomic mass is 10.1. The fraction of sp³-hybridized carbons (Fsp3) is 0.172. The van der Waals surface area contributed by atoms with Crippen molar-refractivity contribution in [1.82, 2.24) is 0 Å². The van der Waals surface area contributed by atoms with E-state index in [1.165, 1.54) is 23.9 Å². The standard InChI is InChI=1S/C29H25BrFNO5S/c1-3-35-23-15-19(14-22(30)27(23)37-17-18-10-12-20(31)13-11-18)16-24-26(33)25(29(34)36-4-2)28(38-24)32-21-8-6-5-7-9-21/h5-16,33H,3-4,17H2,1-2H3/b24-16-,32-28?. The maximum atomic E-state index is 13.2. The molecule has 0 atom stereocenters. The lowest BCUT2D eigenvalue weighted by Crippen LogP contribution is -2.12. The number of benzene rings is 3. The van der Waals surface area contributed by atoms with Gasteiger partial charge in [-0.2, -0.15) is 0 Å². The van der Waals surface area contributed by atoms with Crippen LogP contribution in [0, 0.1) is 5.82 Å². The quantitative estimate of drug-likeness (QED) is 0.254. The molecule has 0 spiro atoms. The average molecular weight is 598 g/mol. The molecule has 3 aromatic rings. The van der Waals surface area contributed by atoms with E-state index in [4.69, 9.17) is 14.2 Å². The number of halogens is 2. The lowest BCUT2D eigenvalue weighted by Gasteiger charge is -2.15. The Labute approximate surface area is 233 Å². The second-order valence-electron chi connectivity index (χ2n) is 7.99. The van der Waals surface area contributed by atoms with Gasteiger partial charge in [-0.05, 0) is 83.4 Å². The van der Waals surface area contributed by atoms with Gasteiger partial charge in [0.25, 0.3) is 0 Å². The van der Waals surface area contributed by atoms with Crippen LogP contribution in [0.25, 0.3) is 6.08 Å². The van der Waals surface area contributed by atoms with Gasteiger partial charge in [-0.15, -0.1) is 0 Å². The molecule has 0 fully saturated rings. The highest BCUT2D eigenvalue weighted by Gasteiger charge is 2.33. The molecular formula is C29H25BrFNO5S. The molecule has 1 aliphatic rings. The van der Waals surface area contributed by atoms with Crippen molar-refractivity contribution < 1.29 is 28.5 Å². The predicted molar refractivity (Wildman–Crippen MR) is 151 cm³/mol. The molecule has 0 amide bonds. The summed E-state index contributed by atoms with van der Waals surface area (Å²) in [6.45, 7) is 4.36. The summed E-state index contributed by atoms with van der Waals surface area (Å²) in [5, 5.41) is 11.3. The molecule has 0 bridgehead atoms.